The number of nitrogens with zero attached hydrogens (tertiary/aromatic N) is 4. The van der Waals surface area contributed by atoms with Crippen LogP contribution in [-0.2, 0) is 0 Å². The minimum absolute atomic E-state index is 0.103. The van der Waals surface area contributed by atoms with Gasteiger partial charge in [0.1, 0.15) is 0 Å². The van der Waals surface area contributed by atoms with Gasteiger partial charge in [-0.1, -0.05) is 35.5 Å². The van der Waals surface area contributed by atoms with Crippen LogP contribution in [0.4, 0.5) is 11.4 Å². The molecule has 0 bridgehead atoms. The summed E-state index contributed by atoms with van der Waals surface area (Å²) in [5, 5.41) is 25.8. The van der Waals surface area contributed by atoms with E-state index >= 15 is 0 Å². The summed E-state index contributed by atoms with van der Waals surface area (Å²) in [6.45, 7) is 0. The van der Waals surface area contributed by atoms with Gasteiger partial charge in [0.2, 0.25) is 5.82 Å². The molecular weight excluding hydrogens is 336 g/mol. The van der Waals surface area contributed by atoms with E-state index in [2.05, 4.69) is 10.1 Å². The standard InChI is InChI=1S/C14H8N4O5S/c19-17(20)10-6-7-12(11(8-10)18(21)22)24-14-15-13(16-23-14)9-4-2-1-3-5-9/h1-8H. The van der Waals surface area contributed by atoms with Crippen LogP contribution >= 0.6 is 11.8 Å². The highest BCUT2D eigenvalue weighted by Crippen LogP contribution is 2.36. The largest absolute Gasteiger partial charge is 0.327 e. The van der Waals surface area contributed by atoms with Crippen LogP contribution in [0.1, 0.15) is 0 Å². The number of hydrogen-bond acceptors (Lipinski definition) is 8. The van der Waals surface area contributed by atoms with E-state index in [0.717, 1.165) is 23.4 Å². The third kappa shape index (κ3) is 3.22. The highest BCUT2D eigenvalue weighted by molar-refractivity contribution is 7.99. The SMILES string of the molecule is O=[N+]([O-])c1ccc(Sc2nc(-c3ccccc3)no2)c([N+](=O)[O-])c1. The van der Waals surface area contributed by atoms with E-state index in [4.69, 9.17) is 4.52 Å². The first-order chi connectivity index (χ1) is 11.5. The van der Waals surface area contributed by atoms with Crippen molar-refractivity contribution in [3.63, 3.8) is 0 Å². The Labute approximate surface area is 138 Å². The van der Waals surface area contributed by atoms with E-state index in [1.165, 1.54) is 12.1 Å². The number of non-ortho nitro benzene ring substituents is 1. The number of nitro benzene ring substituents is 2. The summed E-state index contributed by atoms with van der Waals surface area (Å²) in [5.41, 5.74) is -0.0125. The van der Waals surface area contributed by atoms with E-state index in [9.17, 15) is 20.2 Å². The quantitative estimate of drug-likeness (QED) is 0.506. The van der Waals surface area contributed by atoms with Crippen LogP contribution in [0.25, 0.3) is 11.4 Å². The second kappa shape index (κ2) is 6.46. The fraction of sp³-hybridized carbons (Fsp3) is 0. The van der Waals surface area contributed by atoms with Crippen LogP contribution < -0.4 is 0 Å². The molecule has 1 heterocycles. The van der Waals surface area contributed by atoms with Crippen molar-refractivity contribution >= 4 is 23.1 Å². The summed E-state index contributed by atoms with van der Waals surface area (Å²) >= 11 is 0.874. The summed E-state index contributed by atoms with van der Waals surface area (Å²) in [6, 6.07) is 12.5. The van der Waals surface area contributed by atoms with Crippen molar-refractivity contribution in [2.45, 2.75) is 10.1 Å². The first kappa shape index (κ1) is 15.6. The van der Waals surface area contributed by atoms with E-state index in [0.29, 0.717) is 5.82 Å². The molecule has 0 fully saturated rings. The zero-order chi connectivity index (χ0) is 17.1. The Morgan fingerprint density at radius 3 is 2.42 bits per heavy atom. The van der Waals surface area contributed by atoms with E-state index < -0.39 is 15.5 Å². The van der Waals surface area contributed by atoms with Gasteiger partial charge >= 0.3 is 0 Å². The van der Waals surface area contributed by atoms with Crippen LogP contribution in [-0.4, -0.2) is 20.0 Å². The van der Waals surface area contributed by atoms with Crippen LogP contribution in [0.2, 0.25) is 0 Å². The van der Waals surface area contributed by atoms with Gasteiger partial charge in [-0.25, -0.2) is 0 Å². The van der Waals surface area contributed by atoms with Crippen molar-refractivity contribution in [2.75, 3.05) is 0 Å². The van der Waals surface area contributed by atoms with Crippen LogP contribution in [0.3, 0.4) is 0 Å². The topological polar surface area (TPSA) is 125 Å². The number of aromatic nitrogens is 2. The predicted molar refractivity (Wildman–Crippen MR) is 83.6 cm³/mol. The molecule has 2 aromatic carbocycles. The third-order valence-electron chi connectivity index (χ3n) is 2.99. The number of nitro groups is 2. The molecule has 120 valence electrons. The van der Waals surface area contributed by atoms with Gasteiger partial charge in [-0.2, -0.15) is 4.98 Å². The smallest absolute Gasteiger partial charge is 0.291 e. The number of benzene rings is 2. The lowest BCUT2D eigenvalue weighted by molar-refractivity contribution is -0.396. The Kier molecular flexibility index (Phi) is 4.20. The Hall–Kier alpha value is -3.27. The second-order valence-corrected chi connectivity index (χ2v) is 5.51. The summed E-state index contributed by atoms with van der Waals surface area (Å²) in [4.78, 5) is 24.8. The van der Waals surface area contributed by atoms with Gasteiger partial charge in [0, 0.05) is 11.6 Å². The molecule has 0 saturated heterocycles. The highest BCUT2D eigenvalue weighted by Gasteiger charge is 2.22. The van der Waals surface area contributed by atoms with Crippen LogP contribution in [0, 0.1) is 20.2 Å². The van der Waals surface area contributed by atoms with Gasteiger partial charge in [-0.05, 0) is 17.8 Å². The van der Waals surface area contributed by atoms with Crippen molar-refractivity contribution < 1.29 is 14.4 Å². The molecule has 0 unspecified atom stereocenters. The first-order valence-electron chi connectivity index (χ1n) is 6.54. The predicted octanol–water partition coefficient (Wildman–Crippen LogP) is 3.70. The summed E-state index contributed by atoms with van der Waals surface area (Å²) in [5.74, 6) is 0.350. The van der Waals surface area contributed by atoms with Crippen LogP contribution in [0.15, 0.2) is 63.2 Å². The molecule has 24 heavy (non-hydrogen) atoms. The average Bonchev–Trinajstić information content (AvgIpc) is 3.04. The van der Waals surface area contributed by atoms with Gasteiger partial charge < -0.3 is 4.52 Å². The summed E-state index contributed by atoms with van der Waals surface area (Å²) < 4.78 is 5.08. The van der Waals surface area contributed by atoms with Crippen molar-refractivity contribution in [1.29, 1.82) is 0 Å². The molecule has 3 aromatic rings. The molecule has 0 saturated carbocycles. The Morgan fingerprint density at radius 1 is 1.00 bits per heavy atom. The molecule has 9 nitrogen and oxygen atoms in total. The maximum atomic E-state index is 11.1. The number of rotatable bonds is 5. The molecule has 10 heteroatoms. The molecule has 0 aliphatic carbocycles. The minimum Gasteiger partial charge on any atom is -0.327 e. The lowest BCUT2D eigenvalue weighted by Gasteiger charge is -1.99. The maximum absolute atomic E-state index is 11.1. The van der Waals surface area contributed by atoms with Gasteiger partial charge in [0.15, 0.2) is 0 Å². The summed E-state index contributed by atoms with van der Waals surface area (Å²) in [6.07, 6.45) is 0. The molecule has 0 aliphatic heterocycles. The fourth-order valence-corrected chi connectivity index (χ4v) is 2.67. The zero-order valence-corrected chi connectivity index (χ0v) is 12.7. The molecule has 0 amide bonds. The molecule has 1 aromatic heterocycles. The Morgan fingerprint density at radius 2 is 1.75 bits per heavy atom. The van der Waals surface area contributed by atoms with Crippen molar-refractivity contribution in [3.05, 3.63) is 68.8 Å². The van der Waals surface area contributed by atoms with Crippen molar-refractivity contribution in [2.24, 2.45) is 0 Å². The molecule has 0 atom stereocenters. The van der Waals surface area contributed by atoms with Gasteiger partial charge in [0.05, 0.1) is 20.8 Å². The van der Waals surface area contributed by atoms with Crippen LogP contribution in [0.5, 0.6) is 0 Å². The normalized spacial score (nSPS) is 10.5. The second-order valence-electron chi connectivity index (χ2n) is 4.52. The van der Waals surface area contributed by atoms with Gasteiger partial charge in [-0.15, -0.1) is 0 Å². The molecule has 0 spiro atoms. The van der Waals surface area contributed by atoms with Gasteiger partial charge in [0.25, 0.3) is 16.6 Å². The molecule has 0 N–H and O–H groups in total. The van der Waals surface area contributed by atoms with Crippen molar-refractivity contribution in [3.8, 4) is 11.4 Å². The first-order valence-corrected chi connectivity index (χ1v) is 7.36. The lowest BCUT2D eigenvalue weighted by Crippen LogP contribution is -1.94. The molecule has 3 rings (SSSR count). The monoisotopic (exact) mass is 344 g/mol. The number of hydrogen-bond donors (Lipinski definition) is 0. The molecular formula is C14H8N4O5S. The molecule has 0 aliphatic rings. The van der Waals surface area contributed by atoms with E-state index in [-0.39, 0.29) is 15.8 Å². The summed E-state index contributed by atoms with van der Waals surface area (Å²) in [7, 11) is 0. The van der Waals surface area contributed by atoms with E-state index in [1.54, 1.807) is 12.1 Å². The van der Waals surface area contributed by atoms with Gasteiger partial charge in [-0.3, -0.25) is 20.2 Å². The maximum Gasteiger partial charge on any atom is 0.291 e. The Bertz CT molecular complexity index is 913. The third-order valence-corrected chi connectivity index (χ3v) is 3.89. The average molecular weight is 344 g/mol. The van der Waals surface area contributed by atoms with Crippen molar-refractivity contribution in [1.82, 2.24) is 10.1 Å². The fourth-order valence-electron chi connectivity index (χ4n) is 1.90. The minimum atomic E-state index is -0.693. The zero-order valence-electron chi connectivity index (χ0n) is 11.9. The molecule has 0 radical (unpaired) electrons. The lowest BCUT2D eigenvalue weighted by atomic mass is 10.2. The highest BCUT2D eigenvalue weighted by atomic mass is 32.2. The Balaban J connectivity index is 1.90. The van der Waals surface area contributed by atoms with E-state index in [1.807, 2.05) is 18.2 Å².